The number of nitrogens with one attached hydrogen (secondary N) is 2. The van der Waals surface area contributed by atoms with Gasteiger partial charge in [0.15, 0.2) is 18.1 Å². The van der Waals surface area contributed by atoms with E-state index in [0.29, 0.717) is 5.69 Å². The average Bonchev–Trinajstić information content (AvgIpc) is 2.65. The summed E-state index contributed by atoms with van der Waals surface area (Å²) in [4.78, 5) is 34.8. The number of primary amides is 1. The number of amides is 3. The molecule has 9 heteroatoms. The number of ether oxygens (including phenoxy) is 2. The van der Waals surface area contributed by atoms with Crippen LogP contribution in [0, 0.1) is 0 Å². The van der Waals surface area contributed by atoms with Crippen LogP contribution in [-0.4, -0.2) is 31.4 Å². The molecule has 154 valence electrons. The molecule has 0 fully saturated rings. The van der Waals surface area contributed by atoms with Crippen molar-refractivity contribution in [1.82, 2.24) is 5.32 Å². The number of hydrogen-bond acceptors (Lipinski definition) is 5. The minimum absolute atomic E-state index is 0.107. The van der Waals surface area contributed by atoms with Crippen molar-refractivity contribution in [3.05, 3.63) is 52.5 Å². The van der Waals surface area contributed by atoms with Gasteiger partial charge in [0, 0.05) is 18.2 Å². The van der Waals surface area contributed by atoms with E-state index in [2.05, 4.69) is 10.6 Å². The van der Waals surface area contributed by atoms with Gasteiger partial charge in [0.1, 0.15) is 0 Å². The number of nitrogens with two attached hydrogens (primary N) is 1. The van der Waals surface area contributed by atoms with E-state index in [-0.39, 0.29) is 46.5 Å². The average molecular weight is 420 g/mol. The third-order valence-corrected chi connectivity index (χ3v) is 4.19. The van der Waals surface area contributed by atoms with Gasteiger partial charge in [-0.2, -0.15) is 0 Å². The fourth-order valence-corrected chi connectivity index (χ4v) is 2.85. The molecule has 2 aromatic carbocycles. The molecule has 2 aromatic rings. The molecule has 0 aliphatic carbocycles. The molecule has 29 heavy (non-hydrogen) atoms. The summed E-state index contributed by atoms with van der Waals surface area (Å²) in [6, 6.07) is 9.69. The molecule has 8 nitrogen and oxygen atoms in total. The van der Waals surface area contributed by atoms with Gasteiger partial charge in [0.2, 0.25) is 5.91 Å². The summed E-state index contributed by atoms with van der Waals surface area (Å²) in [5.41, 5.74) is 6.77. The molecule has 3 amide bonds. The minimum atomic E-state index is -0.666. The Morgan fingerprint density at radius 1 is 1.21 bits per heavy atom. The van der Waals surface area contributed by atoms with Gasteiger partial charge in [-0.15, -0.1) is 0 Å². The van der Waals surface area contributed by atoms with Crippen molar-refractivity contribution in [2.24, 2.45) is 5.73 Å². The lowest BCUT2D eigenvalue weighted by Crippen LogP contribution is -2.27. The number of halogens is 1. The highest BCUT2D eigenvalue weighted by Gasteiger charge is 2.18. The molecule has 0 aromatic heterocycles. The van der Waals surface area contributed by atoms with Crippen LogP contribution in [0.5, 0.6) is 11.5 Å². The fourth-order valence-electron chi connectivity index (χ4n) is 2.59. The molecular formula is C20H22ClN3O5. The van der Waals surface area contributed by atoms with Crippen LogP contribution in [0.2, 0.25) is 5.02 Å². The van der Waals surface area contributed by atoms with Crippen molar-refractivity contribution in [3.63, 3.8) is 0 Å². The van der Waals surface area contributed by atoms with E-state index < -0.39 is 5.91 Å². The number of carbonyl (C=O) groups is 3. The summed E-state index contributed by atoms with van der Waals surface area (Å²) in [6.45, 7) is 2.86. The molecule has 4 N–H and O–H groups in total. The predicted octanol–water partition coefficient (Wildman–Crippen LogP) is 2.66. The van der Waals surface area contributed by atoms with Crippen LogP contribution < -0.4 is 25.8 Å². The predicted molar refractivity (Wildman–Crippen MR) is 109 cm³/mol. The number of benzene rings is 2. The molecule has 0 radical (unpaired) electrons. The number of carbonyl (C=O) groups excluding carboxylic acids is 3. The monoisotopic (exact) mass is 419 g/mol. The first-order valence-electron chi connectivity index (χ1n) is 8.68. The molecule has 0 heterocycles. The van der Waals surface area contributed by atoms with Crippen molar-refractivity contribution in [1.29, 1.82) is 0 Å². The molecule has 2 rings (SSSR count). The topological polar surface area (TPSA) is 120 Å². The van der Waals surface area contributed by atoms with Gasteiger partial charge in [0.25, 0.3) is 11.8 Å². The van der Waals surface area contributed by atoms with Crippen molar-refractivity contribution < 1.29 is 23.9 Å². The first-order valence-corrected chi connectivity index (χ1v) is 9.06. The summed E-state index contributed by atoms with van der Waals surface area (Å²) in [6.07, 6.45) is 0. The maximum absolute atomic E-state index is 12.7. The highest BCUT2D eigenvalue weighted by Crippen LogP contribution is 2.36. The molecular weight excluding hydrogens is 398 g/mol. The Labute approximate surface area is 173 Å². The van der Waals surface area contributed by atoms with Crippen LogP contribution in [0.3, 0.4) is 0 Å². The van der Waals surface area contributed by atoms with Crippen LogP contribution in [0.4, 0.5) is 5.69 Å². The zero-order chi connectivity index (χ0) is 21.6. The zero-order valence-electron chi connectivity index (χ0n) is 16.2. The first kappa shape index (κ1) is 22.0. The summed E-state index contributed by atoms with van der Waals surface area (Å²) in [5, 5.41) is 5.67. The van der Waals surface area contributed by atoms with Gasteiger partial charge in [0.05, 0.1) is 18.2 Å². The molecule has 0 bridgehead atoms. The molecule has 0 aliphatic rings. The largest absolute Gasteiger partial charge is 0.493 e. The SMILES string of the molecule is COc1cc(C(=O)NC(C)c2cccc(NC(C)=O)c2)cc(Cl)c1OCC(N)=O. The lowest BCUT2D eigenvalue weighted by Gasteiger charge is -2.17. The minimum Gasteiger partial charge on any atom is -0.493 e. The molecule has 0 spiro atoms. The molecule has 0 saturated heterocycles. The Bertz CT molecular complexity index is 932. The third-order valence-electron chi connectivity index (χ3n) is 3.90. The first-order chi connectivity index (χ1) is 13.7. The Balaban J connectivity index is 2.18. The number of hydrogen-bond donors (Lipinski definition) is 3. The van der Waals surface area contributed by atoms with Crippen molar-refractivity contribution >= 4 is 35.0 Å². The Morgan fingerprint density at radius 2 is 1.93 bits per heavy atom. The highest BCUT2D eigenvalue weighted by molar-refractivity contribution is 6.32. The van der Waals surface area contributed by atoms with E-state index in [1.54, 1.807) is 18.2 Å². The van der Waals surface area contributed by atoms with Crippen LogP contribution >= 0.6 is 11.6 Å². The van der Waals surface area contributed by atoms with E-state index in [0.717, 1.165) is 5.56 Å². The van der Waals surface area contributed by atoms with Gasteiger partial charge >= 0.3 is 0 Å². The second kappa shape index (κ2) is 9.79. The maximum Gasteiger partial charge on any atom is 0.255 e. The van der Waals surface area contributed by atoms with E-state index in [9.17, 15) is 14.4 Å². The van der Waals surface area contributed by atoms with Gasteiger partial charge in [-0.05, 0) is 36.8 Å². The number of rotatable bonds is 8. The normalized spacial score (nSPS) is 11.3. The van der Waals surface area contributed by atoms with Gasteiger partial charge in [-0.3, -0.25) is 14.4 Å². The van der Waals surface area contributed by atoms with Crippen LogP contribution in [0.1, 0.15) is 35.8 Å². The third kappa shape index (κ3) is 6.11. The second-order valence-electron chi connectivity index (χ2n) is 6.25. The number of methoxy groups -OCH3 is 1. The number of anilines is 1. The van der Waals surface area contributed by atoms with Gasteiger partial charge in [-0.1, -0.05) is 23.7 Å². The standard InChI is InChI=1S/C20H22ClN3O5/c1-11(13-5-4-6-15(7-13)24-12(2)25)23-20(27)14-8-16(21)19(17(9-14)28-3)29-10-18(22)26/h4-9,11H,10H2,1-3H3,(H2,22,26)(H,23,27)(H,24,25). The van der Waals surface area contributed by atoms with E-state index in [1.807, 2.05) is 13.0 Å². The second-order valence-corrected chi connectivity index (χ2v) is 6.65. The van der Waals surface area contributed by atoms with Crippen molar-refractivity contribution in [2.45, 2.75) is 19.9 Å². The van der Waals surface area contributed by atoms with Crippen LogP contribution in [0.25, 0.3) is 0 Å². The van der Waals surface area contributed by atoms with Crippen molar-refractivity contribution in [2.75, 3.05) is 19.0 Å². The Morgan fingerprint density at radius 3 is 2.55 bits per heavy atom. The smallest absolute Gasteiger partial charge is 0.255 e. The Hall–Kier alpha value is -3.26. The van der Waals surface area contributed by atoms with E-state index in [4.69, 9.17) is 26.8 Å². The van der Waals surface area contributed by atoms with Crippen LogP contribution in [0.15, 0.2) is 36.4 Å². The van der Waals surface area contributed by atoms with Crippen LogP contribution in [-0.2, 0) is 9.59 Å². The quantitative estimate of drug-likeness (QED) is 0.607. The molecule has 1 atom stereocenters. The summed E-state index contributed by atoms with van der Waals surface area (Å²) >= 11 is 6.19. The zero-order valence-corrected chi connectivity index (χ0v) is 17.0. The molecule has 1 unspecified atom stereocenters. The maximum atomic E-state index is 12.7. The van der Waals surface area contributed by atoms with Gasteiger partial charge < -0.3 is 25.8 Å². The molecule has 0 saturated carbocycles. The lowest BCUT2D eigenvalue weighted by atomic mass is 10.1. The molecule has 0 aliphatic heterocycles. The lowest BCUT2D eigenvalue weighted by molar-refractivity contribution is -0.120. The van der Waals surface area contributed by atoms with E-state index in [1.165, 1.54) is 26.2 Å². The summed E-state index contributed by atoms with van der Waals surface area (Å²) < 4.78 is 10.5. The van der Waals surface area contributed by atoms with E-state index >= 15 is 0 Å². The summed E-state index contributed by atoms with van der Waals surface area (Å²) in [7, 11) is 1.39. The Kier molecular flexibility index (Phi) is 7.44. The highest BCUT2D eigenvalue weighted by atomic mass is 35.5. The van der Waals surface area contributed by atoms with Gasteiger partial charge in [-0.25, -0.2) is 0 Å². The summed E-state index contributed by atoms with van der Waals surface area (Å²) in [5.74, 6) is -0.909. The van der Waals surface area contributed by atoms with Crippen molar-refractivity contribution in [3.8, 4) is 11.5 Å². The fraction of sp³-hybridized carbons (Fsp3) is 0.250.